The fraction of sp³-hybridized carbons (Fsp3) is 0.200. The summed E-state index contributed by atoms with van der Waals surface area (Å²) in [6, 6.07) is 6.46. The lowest BCUT2D eigenvalue weighted by molar-refractivity contribution is 0.385. The van der Waals surface area contributed by atoms with Gasteiger partial charge in [-0.2, -0.15) is 0 Å². The SMILES string of the molecule is COc1cc(S(=O)(=O)Nc2cc(C)cc(C)c2O)ccc1F. The van der Waals surface area contributed by atoms with Crippen molar-refractivity contribution in [1.29, 1.82) is 0 Å². The van der Waals surface area contributed by atoms with E-state index in [2.05, 4.69) is 4.72 Å². The summed E-state index contributed by atoms with van der Waals surface area (Å²) in [5.74, 6) is -0.980. The lowest BCUT2D eigenvalue weighted by Crippen LogP contribution is -2.13. The number of halogens is 1. The van der Waals surface area contributed by atoms with Crippen LogP contribution in [0.4, 0.5) is 10.1 Å². The molecule has 2 rings (SSSR count). The lowest BCUT2D eigenvalue weighted by Gasteiger charge is -2.13. The van der Waals surface area contributed by atoms with E-state index >= 15 is 0 Å². The van der Waals surface area contributed by atoms with Crippen LogP contribution in [0.25, 0.3) is 0 Å². The van der Waals surface area contributed by atoms with E-state index in [1.807, 2.05) is 0 Å². The molecule has 5 nitrogen and oxygen atoms in total. The molecule has 22 heavy (non-hydrogen) atoms. The number of phenolic OH excluding ortho intramolecular Hbond substituents is 1. The van der Waals surface area contributed by atoms with Gasteiger partial charge in [-0.05, 0) is 43.2 Å². The van der Waals surface area contributed by atoms with E-state index in [1.165, 1.54) is 13.2 Å². The van der Waals surface area contributed by atoms with Crippen LogP contribution in [0.1, 0.15) is 11.1 Å². The van der Waals surface area contributed by atoms with Crippen molar-refractivity contribution < 1.29 is 22.7 Å². The molecule has 0 unspecified atom stereocenters. The number of methoxy groups -OCH3 is 1. The van der Waals surface area contributed by atoms with Crippen molar-refractivity contribution in [3.63, 3.8) is 0 Å². The molecular formula is C15H16FNO4S. The van der Waals surface area contributed by atoms with E-state index < -0.39 is 15.8 Å². The maximum Gasteiger partial charge on any atom is 0.262 e. The minimum atomic E-state index is -3.98. The molecule has 0 heterocycles. The minimum Gasteiger partial charge on any atom is -0.505 e. The highest BCUT2D eigenvalue weighted by Gasteiger charge is 2.19. The average molecular weight is 325 g/mol. The van der Waals surface area contributed by atoms with Gasteiger partial charge in [0.1, 0.15) is 5.75 Å². The van der Waals surface area contributed by atoms with Gasteiger partial charge in [-0.1, -0.05) is 6.07 Å². The van der Waals surface area contributed by atoms with Crippen LogP contribution in [0.15, 0.2) is 35.2 Å². The molecule has 0 aliphatic heterocycles. The Morgan fingerprint density at radius 3 is 2.50 bits per heavy atom. The Balaban J connectivity index is 2.44. The van der Waals surface area contributed by atoms with Gasteiger partial charge in [0.25, 0.3) is 10.0 Å². The second kappa shape index (κ2) is 5.84. The highest BCUT2D eigenvalue weighted by molar-refractivity contribution is 7.92. The Labute approximate surface area is 128 Å². The second-order valence-corrected chi connectivity index (χ2v) is 6.56. The third-order valence-electron chi connectivity index (χ3n) is 3.12. The number of ether oxygens (including phenoxy) is 1. The normalized spacial score (nSPS) is 11.3. The summed E-state index contributed by atoms with van der Waals surface area (Å²) in [6.45, 7) is 3.45. The molecule has 0 radical (unpaired) electrons. The van der Waals surface area contributed by atoms with E-state index in [1.54, 1.807) is 19.9 Å². The first kappa shape index (κ1) is 16.1. The van der Waals surface area contributed by atoms with E-state index in [0.29, 0.717) is 5.56 Å². The van der Waals surface area contributed by atoms with Crippen LogP contribution in [0.2, 0.25) is 0 Å². The Morgan fingerprint density at radius 2 is 1.86 bits per heavy atom. The number of aryl methyl sites for hydroxylation is 2. The van der Waals surface area contributed by atoms with Gasteiger partial charge < -0.3 is 9.84 Å². The summed E-state index contributed by atoms with van der Waals surface area (Å²) in [4.78, 5) is -0.163. The number of anilines is 1. The zero-order valence-electron chi connectivity index (χ0n) is 12.3. The largest absolute Gasteiger partial charge is 0.505 e. The molecule has 2 aromatic carbocycles. The average Bonchev–Trinajstić information content (AvgIpc) is 2.44. The fourth-order valence-corrected chi connectivity index (χ4v) is 3.12. The zero-order valence-corrected chi connectivity index (χ0v) is 13.2. The molecule has 0 fully saturated rings. The molecule has 0 aromatic heterocycles. The standard InChI is InChI=1S/C15H16FNO4S/c1-9-6-10(2)15(18)13(7-9)17-22(19,20)11-4-5-12(16)14(8-11)21-3/h4-8,17-18H,1-3H3. The van der Waals surface area contributed by atoms with Gasteiger partial charge in [-0.15, -0.1) is 0 Å². The Bertz CT molecular complexity index is 819. The van der Waals surface area contributed by atoms with Gasteiger partial charge in [0, 0.05) is 6.07 Å². The molecule has 0 saturated heterocycles. The van der Waals surface area contributed by atoms with Crippen LogP contribution in [0.5, 0.6) is 11.5 Å². The van der Waals surface area contributed by atoms with Gasteiger partial charge in [0.2, 0.25) is 0 Å². The summed E-state index contributed by atoms with van der Waals surface area (Å²) >= 11 is 0. The molecule has 2 aromatic rings. The van der Waals surface area contributed by atoms with Gasteiger partial charge in [0.05, 0.1) is 17.7 Å². The highest BCUT2D eigenvalue weighted by atomic mass is 32.2. The van der Waals surface area contributed by atoms with Crippen molar-refractivity contribution in [2.75, 3.05) is 11.8 Å². The third kappa shape index (κ3) is 3.14. The predicted molar refractivity (Wildman–Crippen MR) is 81.3 cm³/mol. The first-order chi connectivity index (χ1) is 10.2. The Morgan fingerprint density at radius 1 is 1.18 bits per heavy atom. The molecule has 0 spiro atoms. The third-order valence-corrected chi connectivity index (χ3v) is 4.49. The number of phenols is 1. The number of rotatable bonds is 4. The van der Waals surface area contributed by atoms with Crippen LogP contribution in [-0.2, 0) is 10.0 Å². The molecule has 2 N–H and O–H groups in total. The van der Waals surface area contributed by atoms with Crippen LogP contribution in [0, 0.1) is 19.7 Å². The first-order valence-corrected chi connectivity index (χ1v) is 7.89. The van der Waals surface area contributed by atoms with Crippen molar-refractivity contribution >= 4 is 15.7 Å². The van der Waals surface area contributed by atoms with Gasteiger partial charge in [0.15, 0.2) is 11.6 Å². The summed E-state index contributed by atoms with van der Waals surface area (Å²) in [5, 5.41) is 9.97. The summed E-state index contributed by atoms with van der Waals surface area (Å²) in [6.07, 6.45) is 0. The van der Waals surface area contributed by atoms with E-state index in [0.717, 1.165) is 23.8 Å². The van der Waals surface area contributed by atoms with Crippen molar-refractivity contribution in [2.24, 2.45) is 0 Å². The van der Waals surface area contributed by atoms with Crippen LogP contribution < -0.4 is 9.46 Å². The second-order valence-electron chi connectivity index (χ2n) is 4.88. The van der Waals surface area contributed by atoms with E-state index in [9.17, 15) is 17.9 Å². The maximum absolute atomic E-state index is 13.4. The van der Waals surface area contributed by atoms with E-state index in [4.69, 9.17) is 4.74 Å². The van der Waals surface area contributed by atoms with Crippen molar-refractivity contribution in [2.45, 2.75) is 18.7 Å². The number of benzene rings is 2. The molecule has 0 amide bonds. The summed E-state index contributed by atoms with van der Waals surface area (Å²) in [5.41, 5.74) is 1.42. The van der Waals surface area contributed by atoms with Gasteiger partial charge >= 0.3 is 0 Å². The summed E-state index contributed by atoms with van der Waals surface area (Å²) < 4.78 is 45.2. The zero-order chi connectivity index (χ0) is 16.5. The number of aromatic hydroxyl groups is 1. The van der Waals surface area contributed by atoms with Crippen molar-refractivity contribution in [1.82, 2.24) is 0 Å². The van der Waals surface area contributed by atoms with Crippen molar-refractivity contribution in [3.05, 3.63) is 47.3 Å². The summed E-state index contributed by atoms with van der Waals surface area (Å²) in [7, 11) is -2.73. The van der Waals surface area contributed by atoms with Crippen LogP contribution >= 0.6 is 0 Å². The molecule has 118 valence electrons. The maximum atomic E-state index is 13.4. The molecule has 0 atom stereocenters. The molecule has 7 heteroatoms. The van der Waals surface area contributed by atoms with Gasteiger partial charge in [-0.3, -0.25) is 4.72 Å². The first-order valence-electron chi connectivity index (χ1n) is 6.41. The number of hydrogen-bond donors (Lipinski definition) is 2. The quantitative estimate of drug-likeness (QED) is 0.848. The van der Waals surface area contributed by atoms with E-state index in [-0.39, 0.29) is 22.1 Å². The molecular weight excluding hydrogens is 309 g/mol. The molecule has 0 aliphatic rings. The topological polar surface area (TPSA) is 75.6 Å². The number of sulfonamides is 1. The minimum absolute atomic E-state index is 0.0702. The molecule has 0 saturated carbocycles. The predicted octanol–water partition coefficient (Wildman–Crippen LogP) is 2.96. The molecule has 0 aliphatic carbocycles. The van der Waals surface area contributed by atoms with Crippen LogP contribution in [-0.4, -0.2) is 20.6 Å². The monoisotopic (exact) mass is 325 g/mol. The fourth-order valence-electron chi connectivity index (χ4n) is 2.05. The van der Waals surface area contributed by atoms with Crippen molar-refractivity contribution in [3.8, 4) is 11.5 Å². The number of nitrogens with one attached hydrogen (secondary N) is 1. The van der Waals surface area contributed by atoms with Gasteiger partial charge in [-0.25, -0.2) is 12.8 Å². The smallest absolute Gasteiger partial charge is 0.262 e. The Kier molecular flexibility index (Phi) is 4.27. The molecule has 0 bridgehead atoms. The Hall–Kier alpha value is -2.28. The lowest BCUT2D eigenvalue weighted by atomic mass is 10.1. The van der Waals surface area contributed by atoms with Crippen LogP contribution in [0.3, 0.4) is 0 Å². The number of hydrogen-bond acceptors (Lipinski definition) is 4. The highest BCUT2D eigenvalue weighted by Crippen LogP contribution is 2.31.